The monoisotopic (exact) mass is 464 g/mol. The summed E-state index contributed by atoms with van der Waals surface area (Å²) in [6.45, 7) is 2.08. The highest BCUT2D eigenvalue weighted by Gasteiger charge is 2.29. The second kappa shape index (κ2) is 10.1. The van der Waals surface area contributed by atoms with E-state index in [1.54, 1.807) is 42.5 Å². The minimum absolute atomic E-state index is 0.121. The van der Waals surface area contributed by atoms with Gasteiger partial charge in [0.05, 0.1) is 23.2 Å². The molecule has 1 atom stereocenters. The third-order valence-corrected chi connectivity index (χ3v) is 7.55. The Morgan fingerprint density at radius 2 is 1.70 bits per heavy atom. The fourth-order valence-electron chi connectivity index (χ4n) is 4.18. The molecule has 6 nitrogen and oxygen atoms in total. The van der Waals surface area contributed by atoms with E-state index < -0.39 is 10.0 Å². The molecule has 0 saturated carbocycles. The number of amides is 1. The lowest BCUT2D eigenvalue weighted by Gasteiger charge is -2.28. The van der Waals surface area contributed by atoms with Gasteiger partial charge >= 0.3 is 0 Å². The van der Waals surface area contributed by atoms with Gasteiger partial charge in [-0.05, 0) is 73.7 Å². The van der Waals surface area contributed by atoms with Crippen LogP contribution in [-0.2, 0) is 21.2 Å². The molecule has 4 rings (SSSR count). The first-order valence-electron chi connectivity index (χ1n) is 11.2. The maximum atomic E-state index is 13.5. The van der Waals surface area contributed by atoms with Crippen LogP contribution in [0, 0.1) is 0 Å². The molecule has 3 aromatic rings. The van der Waals surface area contributed by atoms with Crippen molar-refractivity contribution in [2.75, 3.05) is 17.5 Å². The number of sulfonamides is 1. The van der Waals surface area contributed by atoms with E-state index in [-0.39, 0.29) is 23.4 Å². The number of fused-ring (bicyclic) bond motifs is 1. The molecule has 1 aliphatic carbocycles. The normalized spacial score (nSPS) is 15.4. The second-order valence-electron chi connectivity index (χ2n) is 7.96. The Bertz CT molecular complexity index is 1190. The predicted molar refractivity (Wildman–Crippen MR) is 129 cm³/mol. The number of rotatable bonds is 8. The molecule has 0 spiro atoms. The van der Waals surface area contributed by atoms with Crippen LogP contribution < -0.4 is 14.4 Å². The molecule has 7 heteroatoms. The Balaban J connectivity index is 1.61. The van der Waals surface area contributed by atoms with Gasteiger partial charge in [-0.25, -0.2) is 8.42 Å². The minimum atomic E-state index is -3.94. The molecule has 0 heterocycles. The van der Waals surface area contributed by atoms with Crippen LogP contribution in [0.4, 0.5) is 5.69 Å². The molecule has 172 valence electrons. The van der Waals surface area contributed by atoms with E-state index in [9.17, 15) is 13.2 Å². The molecular formula is C26H28N2O4S. The van der Waals surface area contributed by atoms with Gasteiger partial charge in [-0.3, -0.25) is 9.10 Å². The molecule has 1 aliphatic rings. The number of carbonyl (C=O) groups is 1. The van der Waals surface area contributed by atoms with Gasteiger partial charge in [0.25, 0.3) is 10.0 Å². The number of aryl methyl sites for hydroxylation is 1. The summed E-state index contributed by atoms with van der Waals surface area (Å²) in [5.74, 6) is 0.298. The standard InChI is InChI=1S/C26H28N2O4S/c1-2-32-22-17-15-21(16-18-22)28(33(30,31)23-11-4-3-5-12-23)19-26(29)27-25-14-8-10-20-9-6-7-13-24(20)25/h3-7,9,11-13,15-18,25H,2,8,10,14,19H2,1H3,(H,27,29)/t25-/m0/s1. The third kappa shape index (κ3) is 5.20. The zero-order valence-electron chi connectivity index (χ0n) is 18.6. The summed E-state index contributed by atoms with van der Waals surface area (Å²) in [6, 6.07) is 22.9. The maximum absolute atomic E-state index is 13.5. The number of benzene rings is 3. The summed E-state index contributed by atoms with van der Waals surface area (Å²) in [7, 11) is -3.94. The van der Waals surface area contributed by atoms with Crippen molar-refractivity contribution in [3.63, 3.8) is 0 Å². The lowest BCUT2D eigenvalue weighted by atomic mass is 9.88. The highest BCUT2D eigenvalue weighted by molar-refractivity contribution is 7.92. The molecule has 33 heavy (non-hydrogen) atoms. The number of anilines is 1. The van der Waals surface area contributed by atoms with Crippen LogP contribution in [-0.4, -0.2) is 27.5 Å². The van der Waals surface area contributed by atoms with Gasteiger partial charge in [-0.15, -0.1) is 0 Å². The van der Waals surface area contributed by atoms with Gasteiger partial charge in [0.1, 0.15) is 12.3 Å². The van der Waals surface area contributed by atoms with Crippen LogP contribution in [0.1, 0.15) is 36.9 Å². The first kappa shape index (κ1) is 22.9. The minimum Gasteiger partial charge on any atom is -0.494 e. The smallest absolute Gasteiger partial charge is 0.264 e. The average Bonchev–Trinajstić information content (AvgIpc) is 2.84. The highest BCUT2D eigenvalue weighted by atomic mass is 32.2. The molecule has 1 amide bonds. The number of ether oxygens (including phenoxy) is 1. The van der Waals surface area contributed by atoms with E-state index in [4.69, 9.17) is 4.74 Å². The van der Waals surface area contributed by atoms with Crippen molar-refractivity contribution in [1.29, 1.82) is 0 Å². The summed E-state index contributed by atoms with van der Waals surface area (Å²) in [5.41, 5.74) is 2.74. The Kier molecular flexibility index (Phi) is 6.99. The summed E-state index contributed by atoms with van der Waals surface area (Å²) < 4.78 is 33.6. The first-order valence-corrected chi connectivity index (χ1v) is 12.6. The van der Waals surface area contributed by atoms with Gasteiger partial charge < -0.3 is 10.1 Å². The quantitative estimate of drug-likeness (QED) is 0.534. The average molecular weight is 465 g/mol. The second-order valence-corrected chi connectivity index (χ2v) is 9.83. The zero-order valence-corrected chi connectivity index (χ0v) is 19.4. The predicted octanol–water partition coefficient (Wildman–Crippen LogP) is 4.47. The van der Waals surface area contributed by atoms with E-state index in [0.717, 1.165) is 29.1 Å². The summed E-state index contributed by atoms with van der Waals surface area (Å²) >= 11 is 0. The van der Waals surface area contributed by atoms with Crippen LogP contribution in [0.3, 0.4) is 0 Å². The number of nitrogens with zero attached hydrogens (tertiary/aromatic N) is 1. The molecule has 3 aromatic carbocycles. The lowest BCUT2D eigenvalue weighted by Crippen LogP contribution is -2.42. The summed E-state index contributed by atoms with van der Waals surface area (Å²) in [6.07, 6.45) is 2.80. The van der Waals surface area contributed by atoms with Crippen LogP contribution in [0.15, 0.2) is 83.8 Å². The Morgan fingerprint density at radius 1 is 1.00 bits per heavy atom. The van der Waals surface area contributed by atoms with Gasteiger partial charge in [0, 0.05) is 0 Å². The van der Waals surface area contributed by atoms with Crippen LogP contribution in [0.5, 0.6) is 5.75 Å². The van der Waals surface area contributed by atoms with Gasteiger partial charge in [0.15, 0.2) is 0 Å². The molecule has 0 fully saturated rings. The van der Waals surface area contributed by atoms with Crippen molar-refractivity contribution < 1.29 is 17.9 Å². The first-order chi connectivity index (χ1) is 16.0. The largest absolute Gasteiger partial charge is 0.494 e. The fraction of sp³-hybridized carbons (Fsp3) is 0.269. The van der Waals surface area contributed by atoms with E-state index in [1.807, 2.05) is 25.1 Å². The van der Waals surface area contributed by atoms with Crippen molar-refractivity contribution in [2.24, 2.45) is 0 Å². The van der Waals surface area contributed by atoms with E-state index >= 15 is 0 Å². The molecule has 0 unspecified atom stereocenters. The number of carbonyl (C=O) groups excluding carboxylic acids is 1. The van der Waals surface area contributed by atoms with Crippen molar-refractivity contribution >= 4 is 21.6 Å². The van der Waals surface area contributed by atoms with Crippen molar-refractivity contribution in [3.8, 4) is 5.75 Å². The van der Waals surface area contributed by atoms with Crippen molar-refractivity contribution in [1.82, 2.24) is 5.32 Å². The molecular weight excluding hydrogens is 436 g/mol. The fourth-order valence-corrected chi connectivity index (χ4v) is 5.63. The number of nitrogens with one attached hydrogen (secondary N) is 1. The van der Waals surface area contributed by atoms with E-state index in [1.165, 1.54) is 17.7 Å². The van der Waals surface area contributed by atoms with Crippen LogP contribution >= 0.6 is 0 Å². The number of hydrogen-bond acceptors (Lipinski definition) is 4. The number of hydrogen-bond donors (Lipinski definition) is 1. The van der Waals surface area contributed by atoms with Crippen LogP contribution in [0.25, 0.3) is 0 Å². The van der Waals surface area contributed by atoms with Crippen molar-refractivity contribution in [2.45, 2.75) is 37.1 Å². The van der Waals surface area contributed by atoms with E-state index in [0.29, 0.717) is 18.0 Å². The molecule has 0 radical (unpaired) electrons. The maximum Gasteiger partial charge on any atom is 0.264 e. The highest BCUT2D eigenvalue weighted by Crippen LogP contribution is 2.30. The molecule has 1 N–H and O–H groups in total. The van der Waals surface area contributed by atoms with Gasteiger partial charge in [-0.2, -0.15) is 0 Å². The zero-order chi connectivity index (χ0) is 23.3. The van der Waals surface area contributed by atoms with Crippen molar-refractivity contribution in [3.05, 3.63) is 90.0 Å². The molecule has 0 aromatic heterocycles. The topological polar surface area (TPSA) is 75.7 Å². The molecule has 0 aliphatic heterocycles. The van der Waals surface area contributed by atoms with E-state index in [2.05, 4.69) is 11.4 Å². The lowest BCUT2D eigenvalue weighted by molar-refractivity contribution is -0.120. The summed E-state index contributed by atoms with van der Waals surface area (Å²) in [5, 5.41) is 3.06. The third-order valence-electron chi connectivity index (χ3n) is 5.76. The van der Waals surface area contributed by atoms with Crippen LogP contribution in [0.2, 0.25) is 0 Å². The van der Waals surface area contributed by atoms with Gasteiger partial charge in [0.2, 0.25) is 5.91 Å². The molecule has 0 saturated heterocycles. The van der Waals surface area contributed by atoms with Gasteiger partial charge in [-0.1, -0.05) is 42.5 Å². The summed E-state index contributed by atoms with van der Waals surface area (Å²) in [4.78, 5) is 13.2. The SMILES string of the molecule is CCOc1ccc(N(CC(=O)N[C@H]2CCCc3ccccc32)S(=O)(=O)c2ccccc2)cc1. The Labute approximate surface area is 195 Å². The Morgan fingerprint density at radius 3 is 2.42 bits per heavy atom. The molecule has 0 bridgehead atoms. The Hall–Kier alpha value is -3.32.